The first-order valence-corrected chi connectivity index (χ1v) is 5.83. The monoisotopic (exact) mass is 221 g/mol. The van der Waals surface area contributed by atoms with E-state index in [1.807, 2.05) is 0 Å². The third kappa shape index (κ3) is 2.62. The van der Waals surface area contributed by atoms with Crippen LogP contribution in [0, 0.1) is 5.41 Å². The molecule has 1 aliphatic carbocycles. The smallest absolute Gasteiger partial charge is 0.225 e. The minimum atomic E-state index is 0.409. The third-order valence-corrected chi connectivity index (χ3v) is 3.32. The first kappa shape index (κ1) is 11.2. The molecule has 0 aromatic carbocycles. The summed E-state index contributed by atoms with van der Waals surface area (Å²) in [7, 11) is 1.62. The van der Waals surface area contributed by atoms with Gasteiger partial charge in [0.2, 0.25) is 11.8 Å². The molecule has 0 bridgehead atoms. The lowest BCUT2D eigenvalue weighted by Gasteiger charge is -2.23. The molecule has 1 fully saturated rings. The fraction of sp³-hybridized carbons (Fsp3) is 0.667. The van der Waals surface area contributed by atoms with Gasteiger partial charge in [0.1, 0.15) is 0 Å². The summed E-state index contributed by atoms with van der Waals surface area (Å²) in [5.41, 5.74) is 0.409. The molecule has 1 aliphatic rings. The zero-order valence-electron chi connectivity index (χ0n) is 9.99. The van der Waals surface area contributed by atoms with E-state index in [1.165, 1.54) is 25.7 Å². The SMILES string of the molecule is COc1ccnc(NCC2(C)CCCC2)n1. The molecule has 1 aromatic heterocycles. The maximum absolute atomic E-state index is 5.06. The van der Waals surface area contributed by atoms with Crippen molar-refractivity contribution >= 4 is 5.95 Å². The van der Waals surface area contributed by atoms with Gasteiger partial charge in [-0.15, -0.1) is 0 Å². The second kappa shape index (κ2) is 4.68. The van der Waals surface area contributed by atoms with Crippen molar-refractivity contribution in [3.8, 4) is 5.88 Å². The van der Waals surface area contributed by atoms with Gasteiger partial charge in [-0.2, -0.15) is 4.98 Å². The largest absolute Gasteiger partial charge is 0.481 e. The lowest BCUT2D eigenvalue weighted by molar-refractivity contribution is 0.360. The fourth-order valence-corrected chi connectivity index (χ4v) is 2.24. The first-order valence-electron chi connectivity index (χ1n) is 5.83. The van der Waals surface area contributed by atoms with Gasteiger partial charge in [0.05, 0.1) is 7.11 Å². The van der Waals surface area contributed by atoms with Gasteiger partial charge in [-0.1, -0.05) is 19.8 Å². The Hall–Kier alpha value is -1.32. The van der Waals surface area contributed by atoms with E-state index >= 15 is 0 Å². The van der Waals surface area contributed by atoms with Crippen LogP contribution in [-0.4, -0.2) is 23.6 Å². The first-order chi connectivity index (χ1) is 7.72. The third-order valence-electron chi connectivity index (χ3n) is 3.32. The average molecular weight is 221 g/mol. The van der Waals surface area contributed by atoms with E-state index < -0.39 is 0 Å². The number of hydrogen-bond donors (Lipinski definition) is 1. The van der Waals surface area contributed by atoms with Gasteiger partial charge in [0.15, 0.2) is 0 Å². The maximum atomic E-state index is 5.06. The molecule has 1 N–H and O–H groups in total. The van der Waals surface area contributed by atoms with Crippen molar-refractivity contribution in [2.45, 2.75) is 32.6 Å². The number of rotatable bonds is 4. The molecule has 4 nitrogen and oxygen atoms in total. The molecule has 0 saturated heterocycles. The molecule has 1 aromatic rings. The molecule has 0 radical (unpaired) electrons. The van der Waals surface area contributed by atoms with Gasteiger partial charge in [0, 0.05) is 18.8 Å². The number of anilines is 1. The van der Waals surface area contributed by atoms with Crippen molar-refractivity contribution in [2.75, 3.05) is 19.0 Å². The van der Waals surface area contributed by atoms with Crippen LogP contribution in [0.5, 0.6) is 5.88 Å². The fourth-order valence-electron chi connectivity index (χ4n) is 2.24. The summed E-state index contributed by atoms with van der Waals surface area (Å²) < 4.78 is 5.06. The highest BCUT2D eigenvalue weighted by molar-refractivity contribution is 5.27. The maximum Gasteiger partial charge on any atom is 0.225 e. The Labute approximate surface area is 96.4 Å². The van der Waals surface area contributed by atoms with Crippen LogP contribution in [0.3, 0.4) is 0 Å². The van der Waals surface area contributed by atoms with Crippen molar-refractivity contribution in [2.24, 2.45) is 5.41 Å². The van der Waals surface area contributed by atoms with Gasteiger partial charge in [-0.3, -0.25) is 0 Å². The Morgan fingerprint density at radius 2 is 2.19 bits per heavy atom. The molecule has 0 spiro atoms. The second-order valence-electron chi connectivity index (χ2n) is 4.79. The summed E-state index contributed by atoms with van der Waals surface area (Å²) in [5.74, 6) is 1.27. The van der Waals surface area contributed by atoms with Crippen LogP contribution in [0.2, 0.25) is 0 Å². The Kier molecular flexibility index (Phi) is 3.27. The topological polar surface area (TPSA) is 47.0 Å². The molecule has 88 valence electrons. The summed E-state index contributed by atoms with van der Waals surface area (Å²) >= 11 is 0. The van der Waals surface area contributed by atoms with E-state index in [4.69, 9.17) is 4.74 Å². The quantitative estimate of drug-likeness (QED) is 0.848. The molecule has 4 heteroatoms. The summed E-state index contributed by atoms with van der Waals surface area (Å²) in [5, 5.41) is 3.30. The van der Waals surface area contributed by atoms with Gasteiger partial charge in [-0.05, 0) is 18.3 Å². The van der Waals surface area contributed by atoms with Gasteiger partial charge in [0.25, 0.3) is 0 Å². The van der Waals surface area contributed by atoms with Gasteiger partial charge in [-0.25, -0.2) is 4.98 Å². The zero-order chi connectivity index (χ0) is 11.4. The minimum Gasteiger partial charge on any atom is -0.481 e. The molecule has 2 rings (SSSR count). The standard InChI is InChI=1S/C12H19N3O/c1-12(6-3-4-7-12)9-14-11-13-8-5-10(15-11)16-2/h5,8H,3-4,6-7,9H2,1-2H3,(H,13,14,15). The Bertz CT molecular complexity index is 348. The van der Waals surface area contributed by atoms with Crippen LogP contribution >= 0.6 is 0 Å². The molecule has 1 heterocycles. The number of nitrogens with one attached hydrogen (secondary N) is 1. The number of nitrogens with zero attached hydrogens (tertiary/aromatic N) is 2. The second-order valence-corrected chi connectivity index (χ2v) is 4.79. The molecule has 16 heavy (non-hydrogen) atoms. The van der Waals surface area contributed by atoms with Crippen molar-refractivity contribution in [3.05, 3.63) is 12.3 Å². The van der Waals surface area contributed by atoms with Crippen molar-refractivity contribution < 1.29 is 4.74 Å². The van der Waals surface area contributed by atoms with E-state index in [0.717, 1.165) is 6.54 Å². The van der Waals surface area contributed by atoms with Crippen LogP contribution < -0.4 is 10.1 Å². The van der Waals surface area contributed by atoms with E-state index in [2.05, 4.69) is 22.2 Å². The Morgan fingerprint density at radius 3 is 2.88 bits per heavy atom. The molecule has 0 unspecified atom stereocenters. The highest BCUT2D eigenvalue weighted by Gasteiger charge is 2.28. The predicted octanol–water partition coefficient (Wildman–Crippen LogP) is 2.48. The van der Waals surface area contributed by atoms with Crippen molar-refractivity contribution in [1.82, 2.24) is 9.97 Å². The summed E-state index contributed by atoms with van der Waals surface area (Å²) in [6.45, 7) is 3.27. The Morgan fingerprint density at radius 1 is 1.44 bits per heavy atom. The van der Waals surface area contributed by atoms with Crippen LogP contribution in [0.25, 0.3) is 0 Å². The number of ether oxygens (including phenoxy) is 1. The number of hydrogen-bond acceptors (Lipinski definition) is 4. The molecule has 1 saturated carbocycles. The average Bonchev–Trinajstić information content (AvgIpc) is 2.75. The van der Waals surface area contributed by atoms with E-state index in [0.29, 0.717) is 17.2 Å². The molecular weight excluding hydrogens is 202 g/mol. The van der Waals surface area contributed by atoms with E-state index in [-0.39, 0.29) is 0 Å². The molecule has 0 atom stereocenters. The summed E-state index contributed by atoms with van der Waals surface area (Å²) in [6.07, 6.45) is 6.99. The highest BCUT2D eigenvalue weighted by Crippen LogP contribution is 2.37. The van der Waals surface area contributed by atoms with E-state index in [9.17, 15) is 0 Å². The van der Waals surface area contributed by atoms with Gasteiger partial charge >= 0.3 is 0 Å². The van der Waals surface area contributed by atoms with E-state index in [1.54, 1.807) is 19.4 Å². The lowest BCUT2D eigenvalue weighted by atomic mass is 9.89. The zero-order valence-corrected chi connectivity index (χ0v) is 9.99. The van der Waals surface area contributed by atoms with Crippen LogP contribution in [0.15, 0.2) is 12.3 Å². The number of methoxy groups -OCH3 is 1. The highest BCUT2D eigenvalue weighted by atomic mass is 16.5. The molecular formula is C12H19N3O. The van der Waals surface area contributed by atoms with Crippen molar-refractivity contribution in [3.63, 3.8) is 0 Å². The minimum absolute atomic E-state index is 0.409. The number of aromatic nitrogens is 2. The van der Waals surface area contributed by atoms with Gasteiger partial charge < -0.3 is 10.1 Å². The normalized spacial score (nSPS) is 18.4. The molecule has 0 aliphatic heterocycles. The summed E-state index contributed by atoms with van der Waals surface area (Å²) in [6, 6.07) is 1.75. The van der Waals surface area contributed by atoms with Crippen LogP contribution in [-0.2, 0) is 0 Å². The van der Waals surface area contributed by atoms with Crippen LogP contribution in [0.4, 0.5) is 5.95 Å². The van der Waals surface area contributed by atoms with Crippen molar-refractivity contribution in [1.29, 1.82) is 0 Å². The van der Waals surface area contributed by atoms with Crippen LogP contribution in [0.1, 0.15) is 32.6 Å². The summed E-state index contributed by atoms with van der Waals surface area (Å²) in [4.78, 5) is 8.42. The predicted molar refractivity (Wildman–Crippen MR) is 63.6 cm³/mol. The Balaban J connectivity index is 1.93. The lowest BCUT2D eigenvalue weighted by Crippen LogP contribution is -2.23. The molecule has 0 amide bonds.